The molecule has 2 heteroatoms. The largest absolute Gasteiger partial charge is 0.370 e. The Morgan fingerprint density at radius 1 is 1.05 bits per heavy atom. The third-order valence-electron chi connectivity index (χ3n) is 5.49. The first-order valence-electron chi connectivity index (χ1n) is 8.81. The van der Waals surface area contributed by atoms with Gasteiger partial charge in [-0.3, -0.25) is 0 Å². The highest BCUT2D eigenvalue weighted by atomic mass is 15.2. The maximum atomic E-state index is 3.48. The van der Waals surface area contributed by atoms with E-state index < -0.39 is 0 Å². The Bertz CT molecular complexity index is 435. The number of nitrogens with zero attached hydrogens (tertiary/aromatic N) is 1. The van der Waals surface area contributed by atoms with E-state index in [2.05, 4.69) is 48.3 Å². The second-order valence-electron chi connectivity index (χ2n) is 7.14. The molecule has 0 aromatic heterocycles. The monoisotopic (exact) mass is 286 g/mol. The van der Waals surface area contributed by atoms with Crippen LogP contribution in [-0.4, -0.2) is 19.6 Å². The number of benzene rings is 1. The van der Waals surface area contributed by atoms with Crippen molar-refractivity contribution in [1.29, 1.82) is 0 Å². The Morgan fingerprint density at radius 2 is 1.67 bits per heavy atom. The lowest BCUT2D eigenvalue weighted by Crippen LogP contribution is -2.56. The van der Waals surface area contributed by atoms with Gasteiger partial charge in [0, 0.05) is 30.2 Å². The molecule has 1 aliphatic heterocycles. The number of nitrogens with one attached hydrogen (secondary N) is 1. The molecule has 1 spiro atoms. The van der Waals surface area contributed by atoms with Crippen LogP contribution in [0.5, 0.6) is 0 Å². The number of hydrogen-bond acceptors (Lipinski definition) is 2. The summed E-state index contributed by atoms with van der Waals surface area (Å²) in [5, 5.41) is 3.48. The van der Waals surface area contributed by atoms with Gasteiger partial charge in [-0.25, -0.2) is 0 Å². The van der Waals surface area contributed by atoms with Crippen molar-refractivity contribution in [3.63, 3.8) is 0 Å². The molecule has 1 aromatic carbocycles. The third kappa shape index (κ3) is 3.26. The summed E-state index contributed by atoms with van der Waals surface area (Å²) in [7, 11) is 0. The van der Waals surface area contributed by atoms with Crippen LogP contribution in [0.2, 0.25) is 0 Å². The van der Waals surface area contributed by atoms with E-state index in [0.717, 1.165) is 6.54 Å². The van der Waals surface area contributed by atoms with E-state index in [1.54, 1.807) is 0 Å². The van der Waals surface area contributed by atoms with Crippen molar-refractivity contribution in [2.45, 2.75) is 58.4 Å². The van der Waals surface area contributed by atoms with Crippen LogP contribution in [0.25, 0.3) is 0 Å². The molecule has 2 nitrogen and oxygen atoms in total. The minimum Gasteiger partial charge on any atom is -0.370 e. The molecule has 2 fully saturated rings. The molecular formula is C19H30N2. The van der Waals surface area contributed by atoms with Gasteiger partial charge in [0.15, 0.2) is 0 Å². The molecule has 1 saturated heterocycles. The fourth-order valence-corrected chi connectivity index (χ4v) is 4.14. The Morgan fingerprint density at radius 3 is 2.24 bits per heavy atom. The van der Waals surface area contributed by atoms with E-state index in [1.165, 1.54) is 62.9 Å². The molecule has 1 heterocycles. The van der Waals surface area contributed by atoms with Crippen LogP contribution in [-0.2, 0) is 0 Å². The molecule has 0 amide bonds. The highest BCUT2D eigenvalue weighted by molar-refractivity contribution is 5.51. The van der Waals surface area contributed by atoms with E-state index in [9.17, 15) is 0 Å². The first kappa shape index (κ1) is 14.9. The lowest BCUT2D eigenvalue weighted by molar-refractivity contribution is 0.180. The molecule has 1 aliphatic carbocycles. The zero-order chi connectivity index (χ0) is 14.7. The summed E-state index contributed by atoms with van der Waals surface area (Å²) in [6.45, 7) is 8.00. The van der Waals surface area contributed by atoms with Crippen molar-refractivity contribution in [3.05, 3.63) is 29.8 Å². The summed E-state index contributed by atoms with van der Waals surface area (Å²) in [5.74, 6) is 0. The lowest BCUT2D eigenvalue weighted by Gasteiger charge is -2.51. The fourth-order valence-electron chi connectivity index (χ4n) is 4.14. The molecular weight excluding hydrogens is 256 g/mol. The number of anilines is 1. The molecule has 0 bridgehead atoms. The molecule has 1 N–H and O–H groups in total. The minimum atomic E-state index is 0.452. The average molecular weight is 286 g/mol. The van der Waals surface area contributed by atoms with Gasteiger partial charge in [0.25, 0.3) is 0 Å². The topological polar surface area (TPSA) is 15.3 Å². The number of hydrogen-bond donors (Lipinski definition) is 1. The Hall–Kier alpha value is -1.02. The molecule has 2 aliphatic rings. The highest BCUT2D eigenvalue weighted by Crippen LogP contribution is 2.44. The predicted molar refractivity (Wildman–Crippen MR) is 90.9 cm³/mol. The van der Waals surface area contributed by atoms with Crippen LogP contribution in [0.4, 0.5) is 5.69 Å². The molecule has 1 saturated carbocycles. The summed E-state index contributed by atoms with van der Waals surface area (Å²) in [6, 6.07) is 9.66. The second-order valence-corrected chi connectivity index (χ2v) is 7.14. The van der Waals surface area contributed by atoms with Crippen molar-refractivity contribution >= 4 is 5.69 Å². The van der Waals surface area contributed by atoms with E-state index in [1.807, 2.05) is 0 Å². The van der Waals surface area contributed by atoms with Crippen LogP contribution in [0.1, 0.15) is 64.0 Å². The van der Waals surface area contributed by atoms with E-state index >= 15 is 0 Å². The van der Waals surface area contributed by atoms with Crippen molar-refractivity contribution < 1.29 is 0 Å². The van der Waals surface area contributed by atoms with Crippen LogP contribution in [0.15, 0.2) is 24.3 Å². The molecule has 116 valence electrons. The SMILES string of the molecule is CCNC(C)c1ccc(N2CC3(CCCCCC3)C2)cc1. The summed E-state index contributed by atoms with van der Waals surface area (Å²) in [4.78, 5) is 2.58. The van der Waals surface area contributed by atoms with Crippen molar-refractivity contribution in [3.8, 4) is 0 Å². The van der Waals surface area contributed by atoms with Crippen LogP contribution < -0.4 is 10.2 Å². The maximum Gasteiger partial charge on any atom is 0.0366 e. The molecule has 1 atom stereocenters. The van der Waals surface area contributed by atoms with Gasteiger partial charge >= 0.3 is 0 Å². The highest BCUT2D eigenvalue weighted by Gasteiger charge is 2.42. The van der Waals surface area contributed by atoms with E-state index in [0.29, 0.717) is 11.5 Å². The van der Waals surface area contributed by atoms with E-state index in [4.69, 9.17) is 0 Å². The quantitative estimate of drug-likeness (QED) is 0.875. The maximum absolute atomic E-state index is 3.48. The van der Waals surface area contributed by atoms with Gasteiger partial charge in [0.05, 0.1) is 0 Å². The summed E-state index contributed by atoms with van der Waals surface area (Å²) in [6.07, 6.45) is 8.73. The summed E-state index contributed by atoms with van der Waals surface area (Å²) >= 11 is 0. The van der Waals surface area contributed by atoms with Gasteiger partial charge in [-0.1, -0.05) is 44.7 Å². The second kappa shape index (κ2) is 6.39. The lowest BCUT2D eigenvalue weighted by atomic mass is 9.73. The summed E-state index contributed by atoms with van der Waals surface area (Å²) in [5.41, 5.74) is 3.47. The van der Waals surface area contributed by atoms with Crippen molar-refractivity contribution in [2.75, 3.05) is 24.5 Å². The van der Waals surface area contributed by atoms with Gasteiger partial charge < -0.3 is 10.2 Å². The molecule has 3 rings (SSSR count). The molecule has 21 heavy (non-hydrogen) atoms. The van der Waals surface area contributed by atoms with Crippen LogP contribution >= 0.6 is 0 Å². The predicted octanol–water partition coefficient (Wildman–Crippen LogP) is 4.52. The standard InChI is InChI=1S/C19H30N2/c1-3-20-16(2)17-8-10-18(11-9-17)21-14-19(15-21)12-6-4-5-7-13-19/h8-11,16,20H,3-7,12-15H2,1-2H3. The van der Waals surface area contributed by atoms with Crippen molar-refractivity contribution in [1.82, 2.24) is 5.32 Å². The van der Waals surface area contributed by atoms with E-state index in [-0.39, 0.29) is 0 Å². The van der Waals surface area contributed by atoms with Crippen LogP contribution in [0, 0.1) is 5.41 Å². The Labute approximate surface area is 129 Å². The Kier molecular flexibility index (Phi) is 4.54. The van der Waals surface area contributed by atoms with Gasteiger partial charge in [-0.2, -0.15) is 0 Å². The molecule has 0 radical (unpaired) electrons. The Balaban J connectivity index is 1.59. The average Bonchev–Trinajstić information content (AvgIpc) is 2.72. The van der Waals surface area contributed by atoms with Gasteiger partial charge in [0.1, 0.15) is 0 Å². The van der Waals surface area contributed by atoms with Gasteiger partial charge in [-0.05, 0) is 44.0 Å². The zero-order valence-corrected chi connectivity index (χ0v) is 13.7. The normalized spacial score (nSPS) is 22.7. The minimum absolute atomic E-state index is 0.452. The molecule has 1 aromatic rings. The number of rotatable bonds is 4. The van der Waals surface area contributed by atoms with Gasteiger partial charge in [0.2, 0.25) is 0 Å². The first-order chi connectivity index (χ1) is 10.2. The van der Waals surface area contributed by atoms with Crippen molar-refractivity contribution in [2.24, 2.45) is 5.41 Å². The zero-order valence-electron chi connectivity index (χ0n) is 13.7. The first-order valence-corrected chi connectivity index (χ1v) is 8.81. The third-order valence-corrected chi connectivity index (χ3v) is 5.49. The smallest absolute Gasteiger partial charge is 0.0366 e. The molecule has 1 unspecified atom stereocenters. The van der Waals surface area contributed by atoms with Crippen LogP contribution in [0.3, 0.4) is 0 Å². The fraction of sp³-hybridized carbons (Fsp3) is 0.684. The van der Waals surface area contributed by atoms with Gasteiger partial charge in [-0.15, -0.1) is 0 Å². The summed E-state index contributed by atoms with van der Waals surface area (Å²) < 4.78 is 0.